The average molecular weight is 338 g/mol. The lowest BCUT2D eigenvalue weighted by Gasteiger charge is -2.42. The summed E-state index contributed by atoms with van der Waals surface area (Å²) in [4.78, 5) is 40.7. The Balaban J connectivity index is 2.07. The predicted octanol–water partition coefficient (Wildman–Crippen LogP) is -0.0282. The Labute approximate surface area is 135 Å². The number of aliphatic hydroxyl groups is 1. The molecule has 1 aromatic rings. The van der Waals surface area contributed by atoms with E-state index in [-0.39, 0.29) is 23.6 Å². The van der Waals surface area contributed by atoms with Gasteiger partial charge in [-0.2, -0.15) is 0 Å². The first kappa shape index (κ1) is 15.8. The van der Waals surface area contributed by atoms with Gasteiger partial charge in [0.2, 0.25) is 5.91 Å². The lowest BCUT2D eigenvalue weighted by atomic mass is 9.89. The molecule has 0 saturated carbocycles. The Hall–Kier alpha value is -2.13. The third-order valence-corrected chi connectivity index (χ3v) is 5.96. The average Bonchev–Trinajstić information content (AvgIpc) is 2.83. The maximum atomic E-state index is 12.1. The van der Waals surface area contributed by atoms with Gasteiger partial charge >= 0.3 is 11.9 Å². The Morgan fingerprint density at radius 2 is 2.17 bits per heavy atom. The fourth-order valence-corrected chi connectivity index (χ4v) is 4.88. The number of aliphatic carboxylic acids is 1. The number of aliphatic hydroxyl groups excluding tert-OH is 1. The molecule has 23 heavy (non-hydrogen) atoms. The zero-order valence-electron chi connectivity index (χ0n) is 12.0. The van der Waals surface area contributed by atoms with Gasteiger partial charge in [0, 0.05) is 18.0 Å². The topological polar surface area (TPSA) is 128 Å². The molecule has 2 aliphatic heterocycles. The number of aromatic nitrogens is 1. The molecule has 9 heteroatoms. The minimum atomic E-state index is -1.61. The lowest BCUT2D eigenvalue weighted by Crippen LogP contribution is -2.60. The van der Waals surface area contributed by atoms with E-state index in [9.17, 15) is 29.7 Å². The van der Waals surface area contributed by atoms with Gasteiger partial charge in [0.15, 0.2) is 4.75 Å². The van der Waals surface area contributed by atoms with Gasteiger partial charge < -0.3 is 20.2 Å². The molecule has 2 saturated heterocycles. The number of amides is 1. The number of fused-ring (bicyclic) bond motifs is 1. The van der Waals surface area contributed by atoms with Gasteiger partial charge in [-0.1, -0.05) is 0 Å². The van der Waals surface area contributed by atoms with E-state index in [1.54, 1.807) is 0 Å². The molecule has 3 heterocycles. The van der Waals surface area contributed by atoms with Gasteiger partial charge in [-0.05, 0) is 13.0 Å². The molecule has 8 nitrogen and oxygen atoms in total. The number of pyridine rings is 1. The van der Waals surface area contributed by atoms with Gasteiger partial charge in [-0.25, -0.2) is 4.79 Å². The molecule has 0 radical (unpaired) electrons. The first-order chi connectivity index (χ1) is 10.8. The second-order valence-corrected chi connectivity index (χ2v) is 7.02. The molecule has 4 atom stereocenters. The van der Waals surface area contributed by atoms with E-state index in [1.165, 1.54) is 30.3 Å². The zero-order chi connectivity index (χ0) is 16.9. The molecule has 1 aromatic heterocycles. The Kier molecular flexibility index (Phi) is 3.56. The van der Waals surface area contributed by atoms with E-state index in [0.29, 0.717) is 0 Å². The standard InChI is InChI=1S/C14H14N2O6S/c1-6(17)9-10(18)16-5-14(13(21)22,23-11(9)16)8-4-15-3-2-7(8)12(19)20/h2-4,6,9,11,17H,5H2,1H3,(H,19,20)(H,21,22)/t6-,9+,11-,14?/m1/s1. The van der Waals surface area contributed by atoms with Crippen molar-refractivity contribution in [1.82, 2.24) is 9.88 Å². The van der Waals surface area contributed by atoms with Crippen molar-refractivity contribution >= 4 is 29.6 Å². The highest BCUT2D eigenvalue weighted by molar-refractivity contribution is 8.02. The van der Waals surface area contributed by atoms with Gasteiger partial charge in [-0.15, -0.1) is 11.8 Å². The van der Waals surface area contributed by atoms with Crippen LogP contribution in [0.2, 0.25) is 0 Å². The van der Waals surface area contributed by atoms with Crippen molar-refractivity contribution in [1.29, 1.82) is 0 Å². The third-order valence-electron chi connectivity index (χ3n) is 4.25. The van der Waals surface area contributed by atoms with Crippen LogP contribution in [-0.2, 0) is 14.3 Å². The van der Waals surface area contributed by atoms with Gasteiger partial charge in [-0.3, -0.25) is 14.6 Å². The molecule has 122 valence electrons. The number of thioether (sulfide) groups is 1. The minimum Gasteiger partial charge on any atom is -0.480 e. The van der Waals surface area contributed by atoms with Crippen molar-refractivity contribution in [3.8, 4) is 0 Å². The van der Waals surface area contributed by atoms with Crippen LogP contribution in [0.1, 0.15) is 22.8 Å². The van der Waals surface area contributed by atoms with Crippen molar-refractivity contribution < 1.29 is 29.7 Å². The molecule has 2 aliphatic rings. The first-order valence-electron chi connectivity index (χ1n) is 6.87. The van der Waals surface area contributed by atoms with Crippen molar-refractivity contribution in [3.63, 3.8) is 0 Å². The molecule has 2 fully saturated rings. The third kappa shape index (κ3) is 2.11. The van der Waals surface area contributed by atoms with E-state index in [0.717, 1.165) is 11.8 Å². The number of carbonyl (C=O) groups excluding carboxylic acids is 1. The van der Waals surface area contributed by atoms with Gasteiger partial charge in [0.1, 0.15) is 0 Å². The summed E-state index contributed by atoms with van der Waals surface area (Å²) in [6.07, 6.45) is 1.60. The van der Waals surface area contributed by atoms with Crippen LogP contribution < -0.4 is 0 Å². The van der Waals surface area contributed by atoms with Gasteiger partial charge in [0.25, 0.3) is 0 Å². The van der Waals surface area contributed by atoms with Crippen LogP contribution in [0.3, 0.4) is 0 Å². The van der Waals surface area contributed by atoms with E-state index in [2.05, 4.69) is 4.98 Å². The maximum Gasteiger partial charge on any atom is 0.336 e. The summed E-state index contributed by atoms with van der Waals surface area (Å²) in [5.41, 5.74) is -0.102. The lowest BCUT2D eigenvalue weighted by molar-refractivity contribution is -0.156. The molecular formula is C14H14N2O6S. The number of carboxylic acids is 2. The normalized spacial score (nSPS) is 30.5. The molecule has 0 spiro atoms. The fourth-order valence-electron chi connectivity index (χ4n) is 3.07. The van der Waals surface area contributed by atoms with E-state index >= 15 is 0 Å². The summed E-state index contributed by atoms with van der Waals surface area (Å²) in [6.45, 7) is 1.33. The van der Waals surface area contributed by atoms with Gasteiger partial charge in [0.05, 0.1) is 29.5 Å². The summed E-state index contributed by atoms with van der Waals surface area (Å²) < 4.78 is -1.61. The highest BCUT2D eigenvalue weighted by Crippen LogP contribution is 2.55. The van der Waals surface area contributed by atoms with E-state index in [4.69, 9.17) is 0 Å². The summed E-state index contributed by atoms with van der Waals surface area (Å²) in [5.74, 6) is -3.48. The van der Waals surface area contributed by atoms with Crippen LogP contribution in [0.4, 0.5) is 0 Å². The molecule has 1 unspecified atom stereocenters. The SMILES string of the molecule is C[C@@H](O)[C@H]1C(=O)N2CC(C(=O)O)(c3cnccc3C(=O)O)S[C@H]12. The summed E-state index contributed by atoms with van der Waals surface area (Å²) >= 11 is 0.983. The Bertz CT molecular complexity index is 708. The predicted molar refractivity (Wildman–Crippen MR) is 78.8 cm³/mol. The molecule has 0 aliphatic carbocycles. The second-order valence-electron chi connectivity index (χ2n) is 5.60. The second kappa shape index (κ2) is 5.20. The quantitative estimate of drug-likeness (QED) is 0.653. The van der Waals surface area contributed by atoms with Crippen molar-refractivity contribution in [3.05, 3.63) is 29.6 Å². The number of carbonyl (C=O) groups is 3. The minimum absolute atomic E-state index is 0.0524. The monoisotopic (exact) mass is 338 g/mol. The highest BCUT2D eigenvalue weighted by atomic mass is 32.2. The summed E-state index contributed by atoms with van der Waals surface area (Å²) in [7, 11) is 0. The van der Waals surface area contributed by atoms with Crippen LogP contribution in [0.5, 0.6) is 0 Å². The Morgan fingerprint density at radius 1 is 1.48 bits per heavy atom. The largest absolute Gasteiger partial charge is 0.480 e. The number of aromatic carboxylic acids is 1. The van der Waals surface area contributed by atoms with E-state index < -0.39 is 34.1 Å². The molecule has 3 rings (SSSR count). The van der Waals surface area contributed by atoms with Crippen LogP contribution in [0, 0.1) is 5.92 Å². The molecule has 0 bridgehead atoms. The van der Waals surface area contributed by atoms with Crippen molar-refractivity contribution in [2.45, 2.75) is 23.1 Å². The summed E-state index contributed by atoms with van der Waals surface area (Å²) in [5, 5.41) is 28.3. The van der Waals surface area contributed by atoms with Crippen LogP contribution in [0.15, 0.2) is 18.5 Å². The number of hydrogen-bond acceptors (Lipinski definition) is 6. The maximum absolute atomic E-state index is 12.1. The molecule has 3 N–H and O–H groups in total. The number of rotatable bonds is 4. The number of nitrogens with zero attached hydrogens (tertiary/aromatic N) is 2. The van der Waals surface area contributed by atoms with Crippen LogP contribution in [-0.4, -0.2) is 61.1 Å². The van der Waals surface area contributed by atoms with Crippen LogP contribution in [0.25, 0.3) is 0 Å². The number of hydrogen-bond donors (Lipinski definition) is 3. The molecular weight excluding hydrogens is 324 g/mol. The molecule has 1 amide bonds. The highest BCUT2D eigenvalue weighted by Gasteiger charge is 2.64. The van der Waals surface area contributed by atoms with Crippen molar-refractivity contribution in [2.24, 2.45) is 5.92 Å². The molecule has 0 aromatic carbocycles. The zero-order valence-corrected chi connectivity index (χ0v) is 12.9. The first-order valence-corrected chi connectivity index (χ1v) is 7.75. The van der Waals surface area contributed by atoms with Crippen molar-refractivity contribution in [2.75, 3.05) is 6.54 Å². The van der Waals surface area contributed by atoms with E-state index in [1.807, 2.05) is 0 Å². The van der Waals surface area contributed by atoms with Crippen LogP contribution >= 0.6 is 11.8 Å². The number of carboxylic acid groups (broad SMARTS) is 2. The smallest absolute Gasteiger partial charge is 0.336 e. The summed E-state index contributed by atoms with van der Waals surface area (Å²) in [6, 6.07) is 1.24. The number of β-lactam (4-membered cyclic amide) rings is 1. The fraction of sp³-hybridized carbons (Fsp3) is 0.429. The Morgan fingerprint density at radius 3 is 2.74 bits per heavy atom.